The van der Waals surface area contributed by atoms with E-state index in [1.165, 1.54) is 0 Å². The topological polar surface area (TPSA) is 64.0 Å². The van der Waals surface area contributed by atoms with Crippen molar-refractivity contribution in [2.24, 2.45) is 5.92 Å². The molecule has 1 aromatic heterocycles. The maximum absolute atomic E-state index is 12.4. The lowest BCUT2D eigenvalue weighted by atomic mass is 9.98. The van der Waals surface area contributed by atoms with Crippen LogP contribution in [-0.4, -0.2) is 24.5 Å². The molecule has 0 aromatic carbocycles. The Bertz CT molecular complexity index is 563. The van der Waals surface area contributed by atoms with Gasteiger partial charge in [0.25, 0.3) is 10.0 Å². The van der Waals surface area contributed by atoms with Crippen LogP contribution in [0.25, 0.3) is 0 Å². The monoisotopic (exact) mass is 299 g/mol. The minimum absolute atomic E-state index is 0.265. The zero-order chi connectivity index (χ0) is 14.8. The Kier molecular flexibility index (Phi) is 4.86. The summed E-state index contributed by atoms with van der Waals surface area (Å²) in [5, 5.41) is 0.265. The van der Waals surface area contributed by atoms with Crippen molar-refractivity contribution in [3.05, 3.63) is 11.5 Å². The Balaban J connectivity index is 2.42. The van der Waals surface area contributed by atoms with Gasteiger partial charge in [-0.25, -0.2) is 18.1 Å². The summed E-state index contributed by atoms with van der Waals surface area (Å²) in [5.74, 6) is 1.44. The third-order valence-electron chi connectivity index (χ3n) is 3.77. The lowest BCUT2D eigenvalue weighted by Gasteiger charge is -2.22. The van der Waals surface area contributed by atoms with Crippen LogP contribution in [0.1, 0.15) is 51.6 Å². The number of hydrogen-bond acceptors (Lipinski definition) is 3. The van der Waals surface area contributed by atoms with E-state index >= 15 is 0 Å². The first kappa shape index (κ1) is 15.5. The predicted molar refractivity (Wildman–Crippen MR) is 79.2 cm³/mol. The average molecular weight is 299 g/mol. The molecule has 6 heteroatoms. The molecular weight excluding hydrogens is 274 g/mol. The number of aromatic nitrogens is 2. The van der Waals surface area contributed by atoms with Crippen LogP contribution in [-0.2, 0) is 29.4 Å². The number of imidazole rings is 1. The summed E-state index contributed by atoms with van der Waals surface area (Å²) >= 11 is 0. The fraction of sp³-hybridized carbons (Fsp3) is 0.786. The van der Waals surface area contributed by atoms with Gasteiger partial charge in [-0.05, 0) is 31.6 Å². The van der Waals surface area contributed by atoms with E-state index in [2.05, 4.69) is 28.1 Å². The summed E-state index contributed by atoms with van der Waals surface area (Å²) in [6, 6.07) is 0. The molecule has 1 aliphatic heterocycles. The maximum atomic E-state index is 12.4. The second-order valence-electron chi connectivity index (χ2n) is 5.68. The number of aryl methyl sites for hydroxylation is 1. The molecule has 2 heterocycles. The highest BCUT2D eigenvalue weighted by Gasteiger charge is 2.29. The average Bonchev–Trinajstić information content (AvgIpc) is 2.76. The molecule has 114 valence electrons. The van der Waals surface area contributed by atoms with E-state index in [-0.39, 0.29) is 5.03 Å². The molecule has 0 radical (unpaired) electrons. The second kappa shape index (κ2) is 6.26. The summed E-state index contributed by atoms with van der Waals surface area (Å²) < 4.78 is 29.6. The molecule has 0 bridgehead atoms. The Morgan fingerprint density at radius 2 is 2.10 bits per heavy atom. The van der Waals surface area contributed by atoms with E-state index in [1.54, 1.807) is 0 Å². The molecule has 0 spiro atoms. The Hall–Kier alpha value is -0.880. The van der Waals surface area contributed by atoms with Gasteiger partial charge in [-0.3, -0.25) is 0 Å². The van der Waals surface area contributed by atoms with Gasteiger partial charge in [0.1, 0.15) is 5.82 Å². The zero-order valence-corrected chi connectivity index (χ0v) is 13.5. The first-order valence-corrected chi connectivity index (χ1v) is 9.05. The van der Waals surface area contributed by atoms with Crippen molar-refractivity contribution < 1.29 is 8.42 Å². The quantitative estimate of drug-likeness (QED) is 0.875. The van der Waals surface area contributed by atoms with E-state index in [4.69, 9.17) is 0 Å². The van der Waals surface area contributed by atoms with Gasteiger partial charge in [0.2, 0.25) is 0 Å². The van der Waals surface area contributed by atoms with Crippen LogP contribution < -0.4 is 4.72 Å². The van der Waals surface area contributed by atoms with Crippen molar-refractivity contribution in [2.75, 3.05) is 6.54 Å². The van der Waals surface area contributed by atoms with Crippen LogP contribution in [0.15, 0.2) is 5.03 Å². The number of rotatable bonds is 6. The first-order valence-electron chi connectivity index (χ1n) is 7.57. The van der Waals surface area contributed by atoms with E-state index in [1.807, 2.05) is 6.92 Å². The van der Waals surface area contributed by atoms with Crippen LogP contribution in [0.5, 0.6) is 0 Å². The molecular formula is C14H25N3O2S. The van der Waals surface area contributed by atoms with Crippen LogP contribution in [0.2, 0.25) is 0 Å². The van der Waals surface area contributed by atoms with Crippen molar-refractivity contribution >= 4 is 10.0 Å². The maximum Gasteiger partial charge on any atom is 0.259 e. The Morgan fingerprint density at radius 3 is 2.75 bits per heavy atom. The summed E-state index contributed by atoms with van der Waals surface area (Å²) in [6.45, 7) is 7.58. The van der Waals surface area contributed by atoms with Crippen molar-refractivity contribution in [2.45, 2.75) is 64.4 Å². The van der Waals surface area contributed by atoms with Crippen molar-refractivity contribution in [3.63, 3.8) is 0 Å². The third kappa shape index (κ3) is 3.06. The molecule has 20 heavy (non-hydrogen) atoms. The molecule has 0 aliphatic carbocycles. The predicted octanol–water partition coefficient (Wildman–Crippen LogP) is 2.11. The standard InChI is InChI=1S/C14H25N3O2S/c1-4-6-13-16-14(20(18,19)15-8-5-2)12-10-11(3)7-9-17(12)13/h11,15H,4-10H2,1-3H3. The molecule has 0 amide bonds. The van der Waals surface area contributed by atoms with Gasteiger partial charge in [-0.2, -0.15) is 0 Å². The summed E-state index contributed by atoms with van der Waals surface area (Å²) in [4.78, 5) is 4.45. The minimum Gasteiger partial charge on any atom is -0.331 e. The number of fused-ring (bicyclic) bond motifs is 1. The molecule has 1 N–H and O–H groups in total. The molecule has 0 saturated carbocycles. The highest BCUT2D eigenvalue weighted by molar-refractivity contribution is 7.89. The molecule has 1 atom stereocenters. The van der Waals surface area contributed by atoms with Crippen molar-refractivity contribution in [1.82, 2.24) is 14.3 Å². The minimum atomic E-state index is -3.47. The zero-order valence-electron chi connectivity index (χ0n) is 12.6. The van der Waals surface area contributed by atoms with E-state index < -0.39 is 10.0 Å². The van der Waals surface area contributed by atoms with Gasteiger partial charge in [-0.1, -0.05) is 20.8 Å². The summed E-state index contributed by atoms with van der Waals surface area (Å²) in [5.41, 5.74) is 0.899. The van der Waals surface area contributed by atoms with Gasteiger partial charge < -0.3 is 4.57 Å². The smallest absolute Gasteiger partial charge is 0.259 e. The molecule has 0 saturated heterocycles. The van der Waals surface area contributed by atoms with Gasteiger partial charge >= 0.3 is 0 Å². The molecule has 5 nitrogen and oxygen atoms in total. The molecule has 2 rings (SSSR count). The van der Waals surface area contributed by atoms with E-state index in [0.29, 0.717) is 12.5 Å². The first-order chi connectivity index (χ1) is 9.49. The van der Waals surface area contributed by atoms with Gasteiger partial charge in [0.05, 0.1) is 5.69 Å². The fourth-order valence-electron chi connectivity index (χ4n) is 2.69. The van der Waals surface area contributed by atoms with Crippen molar-refractivity contribution in [1.29, 1.82) is 0 Å². The Morgan fingerprint density at radius 1 is 1.35 bits per heavy atom. The molecule has 0 fully saturated rings. The molecule has 1 aromatic rings. The second-order valence-corrected chi connectivity index (χ2v) is 7.36. The number of nitrogens with zero attached hydrogens (tertiary/aromatic N) is 2. The van der Waals surface area contributed by atoms with Crippen LogP contribution >= 0.6 is 0 Å². The van der Waals surface area contributed by atoms with Gasteiger partial charge in [-0.15, -0.1) is 0 Å². The van der Waals surface area contributed by atoms with Crippen LogP contribution in [0, 0.1) is 5.92 Å². The van der Waals surface area contributed by atoms with Crippen LogP contribution in [0.3, 0.4) is 0 Å². The number of hydrogen-bond donors (Lipinski definition) is 1. The highest BCUT2D eigenvalue weighted by atomic mass is 32.2. The molecule has 1 unspecified atom stereocenters. The lowest BCUT2D eigenvalue weighted by Crippen LogP contribution is -2.27. The van der Waals surface area contributed by atoms with Gasteiger partial charge in [0.15, 0.2) is 5.03 Å². The molecule has 1 aliphatic rings. The number of nitrogens with one attached hydrogen (secondary N) is 1. The highest BCUT2D eigenvalue weighted by Crippen LogP contribution is 2.27. The number of sulfonamides is 1. The third-order valence-corrected chi connectivity index (χ3v) is 5.19. The largest absolute Gasteiger partial charge is 0.331 e. The normalized spacial score (nSPS) is 19.1. The lowest BCUT2D eigenvalue weighted by molar-refractivity contribution is 0.404. The van der Waals surface area contributed by atoms with E-state index in [9.17, 15) is 8.42 Å². The summed E-state index contributed by atoms with van der Waals surface area (Å²) in [7, 11) is -3.47. The van der Waals surface area contributed by atoms with Crippen molar-refractivity contribution in [3.8, 4) is 0 Å². The van der Waals surface area contributed by atoms with E-state index in [0.717, 1.165) is 50.2 Å². The van der Waals surface area contributed by atoms with Crippen LogP contribution in [0.4, 0.5) is 0 Å². The summed E-state index contributed by atoms with van der Waals surface area (Å²) in [6.07, 6.45) is 4.51. The fourth-order valence-corrected chi connectivity index (χ4v) is 4.03. The Labute approximate surface area is 121 Å². The van der Waals surface area contributed by atoms with Gasteiger partial charge in [0, 0.05) is 19.5 Å². The SMILES string of the molecule is CCCNS(=O)(=O)c1nc(CCC)n2c1CC(C)CC2.